The van der Waals surface area contributed by atoms with Crippen molar-refractivity contribution < 1.29 is 14.5 Å². The molecule has 2 rings (SSSR count). The summed E-state index contributed by atoms with van der Waals surface area (Å²) in [5.41, 5.74) is 0.611. The SMILES string of the molecule is CNc1ccc(C(=O)N2CC(C)OC(C)C2)cc1[N+](=O)[O-]. The van der Waals surface area contributed by atoms with Crippen molar-refractivity contribution in [3.05, 3.63) is 33.9 Å². The van der Waals surface area contributed by atoms with E-state index in [2.05, 4.69) is 5.32 Å². The first kappa shape index (κ1) is 15.2. The average Bonchev–Trinajstić information content (AvgIpc) is 2.44. The van der Waals surface area contributed by atoms with E-state index < -0.39 is 4.92 Å². The Bertz CT molecular complexity index is 551. The average molecular weight is 293 g/mol. The Hall–Kier alpha value is -2.15. The van der Waals surface area contributed by atoms with Crippen LogP contribution in [0.3, 0.4) is 0 Å². The molecule has 1 aliphatic heterocycles. The number of nitrogens with one attached hydrogen (secondary N) is 1. The molecule has 1 fully saturated rings. The van der Waals surface area contributed by atoms with Crippen molar-refractivity contribution in [1.29, 1.82) is 0 Å². The van der Waals surface area contributed by atoms with Gasteiger partial charge < -0.3 is 15.0 Å². The Labute approximate surface area is 123 Å². The fourth-order valence-corrected chi connectivity index (χ4v) is 2.55. The summed E-state index contributed by atoms with van der Waals surface area (Å²) < 4.78 is 5.59. The van der Waals surface area contributed by atoms with Gasteiger partial charge in [0, 0.05) is 31.8 Å². The van der Waals surface area contributed by atoms with Gasteiger partial charge in [-0.15, -0.1) is 0 Å². The van der Waals surface area contributed by atoms with Crippen LogP contribution in [0.15, 0.2) is 18.2 Å². The molecule has 21 heavy (non-hydrogen) atoms. The molecular weight excluding hydrogens is 274 g/mol. The predicted molar refractivity (Wildman–Crippen MR) is 78.6 cm³/mol. The Morgan fingerprint density at radius 2 is 2.00 bits per heavy atom. The lowest BCUT2D eigenvalue weighted by Crippen LogP contribution is -2.48. The Kier molecular flexibility index (Phi) is 4.42. The fourth-order valence-electron chi connectivity index (χ4n) is 2.55. The number of nitro groups is 1. The van der Waals surface area contributed by atoms with E-state index in [4.69, 9.17) is 4.74 Å². The summed E-state index contributed by atoms with van der Waals surface area (Å²) >= 11 is 0. The summed E-state index contributed by atoms with van der Waals surface area (Å²) in [4.78, 5) is 24.7. The number of morpholine rings is 1. The standard InChI is InChI=1S/C14H19N3O4/c1-9-7-16(8-10(2)21-9)14(18)11-4-5-12(15-3)13(6-11)17(19)20/h4-6,9-10,15H,7-8H2,1-3H3. The smallest absolute Gasteiger partial charge is 0.293 e. The monoisotopic (exact) mass is 293 g/mol. The first-order valence-corrected chi connectivity index (χ1v) is 6.83. The van der Waals surface area contributed by atoms with Gasteiger partial charge in [-0.2, -0.15) is 0 Å². The number of nitro benzene ring substituents is 1. The van der Waals surface area contributed by atoms with Gasteiger partial charge in [0.05, 0.1) is 17.1 Å². The number of anilines is 1. The topological polar surface area (TPSA) is 84.7 Å². The third-order valence-corrected chi connectivity index (χ3v) is 3.42. The zero-order chi connectivity index (χ0) is 15.6. The number of hydrogen-bond acceptors (Lipinski definition) is 5. The summed E-state index contributed by atoms with van der Waals surface area (Å²) in [6, 6.07) is 4.48. The number of amides is 1. The van der Waals surface area contributed by atoms with Gasteiger partial charge in [0.25, 0.3) is 11.6 Å². The molecule has 1 saturated heterocycles. The minimum atomic E-state index is -0.493. The third kappa shape index (κ3) is 3.30. The van der Waals surface area contributed by atoms with Crippen LogP contribution in [-0.2, 0) is 4.74 Å². The van der Waals surface area contributed by atoms with Gasteiger partial charge in [-0.25, -0.2) is 0 Å². The number of benzene rings is 1. The largest absolute Gasteiger partial charge is 0.383 e. The van der Waals surface area contributed by atoms with Crippen LogP contribution in [0, 0.1) is 10.1 Å². The maximum Gasteiger partial charge on any atom is 0.293 e. The van der Waals surface area contributed by atoms with E-state index in [9.17, 15) is 14.9 Å². The molecule has 1 N–H and O–H groups in total. The van der Waals surface area contributed by atoms with Gasteiger partial charge in [0.2, 0.25) is 0 Å². The Morgan fingerprint density at radius 3 is 2.52 bits per heavy atom. The molecule has 1 amide bonds. The van der Waals surface area contributed by atoms with Crippen LogP contribution in [0.5, 0.6) is 0 Å². The molecule has 1 heterocycles. The maximum absolute atomic E-state index is 12.5. The van der Waals surface area contributed by atoms with Crippen molar-refractivity contribution in [2.75, 3.05) is 25.5 Å². The van der Waals surface area contributed by atoms with E-state index in [-0.39, 0.29) is 23.8 Å². The minimum absolute atomic E-state index is 0.0377. The molecule has 0 radical (unpaired) electrons. The molecule has 0 saturated carbocycles. The molecule has 2 unspecified atom stereocenters. The van der Waals surface area contributed by atoms with Crippen LogP contribution < -0.4 is 5.32 Å². The van der Waals surface area contributed by atoms with Crippen molar-refractivity contribution in [2.45, 2.75) is 26.1 Å². The van der Waals surface area contributed by atoms with Gasteiger partial charge in [0.1, 0.15) is 5.69 Å². The van der Waals surface area contributed by atoms with Crippen molar-refractivity contribution in [3.8, 4) is 0 Å². The summed E-state index contributed by atoms with van der Waals surface area (Å²) in [6.45, 7) is 4.79. The van der Waals surface area contributed by atoms with Crippen LogP contribution in [0.25, 0.3) is 0 Å². The zero-order valence-electron chi connectivity index (χ0n) is 12.3. The number of nitrogens with zero attached hydrogens (tertiary/aromatic N) is 2. The molecular formula is C14H19N3O4. The number of ether oxygens (including phenoxy) is 1. The molecule has 1 aromatic rings. The second-order valence-electron chi connectivity index (χ2n) is 5.21. The van der Waals surface area contributed by atoms with Crippen molar-refractivity contribution in [3.63, 3.8) is 0 Å². The van der Waals surface area contributed by atoms with E-state index in [1.165, 1.54) is 6.07 Å². The van der Waals surface area contributed by atoms with Gasteiger partial charge in [0.15, 0.2) is 0 Å². The van der Waals surface area contributed by atoms with E-state index in [1.54, 1.807) is 24.1 Å². The number of rotatable bonds is 3. The second kappa shape index (κ2) is 6.09. The molecule has 114 valence electrons. The lowest BCUT2D eigenvalue weighted by Gasteiger charge is -2.35. The number of hydrogen-bond donors (Lipinski definition) is 1. The highest BCUT2D eigenvalue weighted by atomic mass is 16.6. The highest BCUT2D eigenvalue weighted by Crippen LogP contribution is 2.26. The summed E-state index contributed by atoms with van der Waals surface area (Å²) in [7, 11) is 1.61. The van der Waals surface area contributed by atoms with Crippen molar-refractivity contribution in [1.82, 2.24) is 4.90 Å². The normalized spacial score (nSPS) is 22.0. The van der Waals surface area contributed by atoms with E-state index in [1.807, 2.05) is 13.8 Å². The zero-order valence-corrected chi connectivity index (χ0v) is 12.3. The molecule has 0 aromatic heterocycles. The summed E-state index contributed by atoms with van der Waals surface area (Å²) in [6.07, 6.45) is -0.0754. The number of carbonyl (C=O) groups is 1. The van der Waals surface area contributed by atoms with Crippen molar-refractivity contribution >= 4 is 17.3 Å². The van der Waals surface area contributed by atoms with Gasteiger partial charge in [-0.1, -0.05) is 0 Å². The molecule has 0 bridgehead atoms. The summed E-state index contributed by atoms with van der Waals surface area (Å²) in [5, 5.41) is 13.8. The third-order valence-electron chi connectivity index (χ3n) is 3.42. The van der Waals surface area contributed by atoms with Crippen molar-refractivity contribution in [2.24, 2.45) is 0 Å². The molecule has 7 heteroatoms. The van der Waals surface area contributed by atoms with E-state index in [0.717, 1.165) is 0 Å². The lowest BCUT2D eigenvalue weighted by atomic mass is 10.1. The minimum Gasteiger partial charge on any atom is -0.383 e. The highest BCUT2D eigenvalue weighted by Gasteiger charge is 2.27. The van der Waals surface area contributed by atoms with Gasteiger partial charge >= 0.3 is 0 Å². The van der Waals surface area contributed by atoms with Gasteiger partial charge in [-0.05, 0) is 26.0 Å². The van der Waals surface area contributed by atoms with E-state index >= 15 is 0 Å². The van der Waals surface area contributed by atoms with Crippen LogP contribution in [-0.4, -0.2) is 48.1 Å². The van der Waals surface area contributed by atoms with Crippen LogP contribution >= 0.6 is 0 Å². The van der Waals surface area contributed by atoms with Crippen LogP contribution in [0.1, 0.15) is 24.2 Å². The molecule has 0 aliphatic carbocycles. The first-order valence-electron chi connectivity index (χ1n) is 6.83. The predicted octanol–water partition coefficient (Wildman–Crippen LogP) is 1.89. The fraction of sp³-hybridized carbons (Fsp3) is 0.500. The second-order valence-corrected chi connectivity index (χ2v) is 5.21. The van der Waals surface area contributed by atoms with Gasteiger partial charge in [-0.3, -0.25) is 14.9 Å². The quantitative estimate of drug-likeness (QED) is 0.679. The maximum atomic E-state index is 12.5. The van der Waals surface area contributed by atoms with Crippen LogP contribution in [0.2, 0.25) is 0 Å². The van der Waals surface area contributed by atoms with Crippen LogP contribution in [0.4, 0.5) is 11.4 Å². The summed E-state index contributed by atoms with van der Waals surface area (Å²) in [5.74, 6) is -0.206. The molecule has 7 nitrogen and oxygen atoms in total. The molecule has 1 aromatic carbocycles. The Morgan fingerprint density at radius 1 is 1.38 bits per heavy atom. The molecule has 1 aliphatic rings. The Balaban J connectivity index is 2.27. The molecule has 0 spiro atoms. The lowest BCUT2D eigenvalue weighted by molar-refractivity contribution is -0.384. The first-order chi connectivity index (χ1) is 9.92. The van der Waals surface area contributed by atoms with E-state index in [0.29, 0.717) is 24.3 Å². The molecule has 2 atom stereocenters. The highest BCUT2D eigenvalue weighted by molar-refractivity contribution is 5.95. The number of carbonyl (C=O) groups excluding carboxylic acids is 1.